The topological polar surface area (TPSA) is 0 Å². The van der Waals surface area contributed by atoms with E-state index in [0.717, 1.165) is 19.7 Å². The predicted octanol–water partition coefficient (Wildman–Crippen LogP) is 6.22. The highest BCUT2D eigenvalue weighted by Crippen LogP contribution is 2.44. The highest BCUT2D eigenvalue weighted by molar-refractivity contribution is 8.22. The first-order chi connectivity index (χ1) is 11.6. The van der Waals surface area contributed by atoms with Crippen molar-refractivity contribution in [3.8, 4) is 0 Å². The smallest absolute Gasteiger partial charge is 0.0596 e. The van der Waals surface area contributed by atoms with Crippen molar-refractivity contribution >= 4 is 95.8 Å². The minimum Gasteiger partial charge on any atom is -0.175 e. The Labute approximate surface area is 185 Å². The van der Waals surface area contributed by atoms with Crippen LogP contribution in [0.25, 0.3) is 0 Å². The highest BCUT2D eigenvalue weighted by Gasteiger charge is 2.30. The molecule has 0 radical (unpaired) electrons. The van der Waals surface area contributed by atoms with E-state index in [1.807, 2.05) is 0 Å². The second-order valence-electron chi connectivity index (χ2n) is 5.98. The zero-order valence-corrected chi connectivity index (χ0v) is 21.2. The van der Waals surface area contributed by atoms with Gasteiger partial charge in [-0.1, -0.05) is 13.8 Å². The molecule has 0 amide bonds. The zero-order chi connectivity index (χ0) is 17.4. The second-order valence-corrected chi connectivity index (χ2v) is 15.6. The lowest BCUT2D eigenvalue weighted by Gasteiger charge is -2.15. The SMILES string of the molecule is CCC(S)C1CSC(CSCCSCC2SCC(C(S)CC)S2)S1. The van der Waals surface area contributed by atoms with Gasteiger partial charge in [-0.3, -0.25) is 0 Å². The maximum Gasteiger partial charge on any atom is 0.0596 e. The first kappa shape index (κ1) is 23.1. The van der Waals surface area contributed by atoms with Crippen molar-refractivity contribution < 1.29 is 0 Å². The molecule has 2 saturated heterocycles. The maximum atomic E-state index is 4.72. The molecule has 0 aromatic carbocycles. The summed E-state index contributed by atoms with van der Waals surface area (Å²) >= 11 is 22.4. The zero-order valence-electron chi connectivity index (χ0n) is 14.5. The van der Waals surface area contributed by atoms with E-state index in [1.54, 1.807) is 0 Å². The summed E-state index contributed by atoms with van der Waals surface area (Å²) in [5.41, 5.74) is 0. The Balaban J connectivity index is 1.45. The lowest BCUT2D eigenvalue weighted by atomic mass is 10.2. The van der Waals surface area contributed by atoms with Gasteiger partial charge >= 0.3 is 0 Å². The predicted molar refractivity (Wildman–Crippen MR) is 136 cm³/mol. The van der Waals surface area contributed by atoms with Crippen molar-refractivity contribution in [3.63, 3.8) is 0 Å². The molecule has 0 bridgehead atoms. The fourth-order valence-corrected chi connectivity index (χ4v) is 13.5. The van der Waals surface area contributed by atoms with Crippen molar-refractivity contribution in [2.45, 2.75) is 56.9 Å². The van der Waals surface area contributed by atoms with Gasteiger partial charge in [0.15, 0.2) is 0 Å². The molecule has 2 aliphatic heterocycles. The summed E-state index contributed by atoms with van der Waals surface area (Å²) in [6.45, 7) is 4.51. The Morgan fingerprint density at radius 2 is 1.25 bits per heavy atom. The molecule has 6 atom stereocenters. The van der Waals surface area contributed by atoms with Crippen molar-refractivity contribution in [1.82, 2.24) is 0 Å². The fraction of sp³-hybridized carbons (Fsp3) is 1.00. The first-order valence-corrected chi connectivity index (χ1v) is 16.0. The van der Waals surface area contributed by atoms with Crippen LogP contribution >= 0.6 is 95.8 Å². The van der Waals surface area contributed by atoms with Gasteiger partial charge in [0.2, 0.25) is 0 Å². The third kappa shape index (κ3) is 8.04. The number of hydrogen-bond donors (Lipinski definition) is 2. The van der Waals surface area contributed by atoms with Gasteiger partial charge in [-0.15, -0.1) is 47.0 Å². The van der Waals surface area contributed by atoms with Crippen molar-refractivity contribution in [1.29, 1.82) is 0 Å². The fourth-order valence-electron chi connectivity index (χ4n) is 2.53. The Bertz CT molecular complexity index is 310. The van der Waals surface area contributed by atoms with Crippen LogP contribution in [0.4, 0.5) is 0 Å². The molecule has 2 heterocycles. The Hall–Kier alpha value is 2.80. The molecule has 0 aromatic heterocycles. The minimum atomic E-state index is 0.586. The monoisotopic (exact) mass is 478 g/mol. The van der Waals surface area contributed by atoms with Crippen molar-refractivity contribution in [3.05, 3.63) is 0 Å². The molecule has 0 saturated carbocycles. The molecule has 6 unspecified atom stereocenters. The normalized spacial score (nSPS) is 33.0. The van der Waals surface area contributed by atoms with Gasteiger partial charge in [-0.2, -0.15) is 48.8 Å². The van der Waals surface area contributed by atoms with E-state index in [4.69, 9.17) is 25.3 Å². The van der Waals surface area contributed by atoms with Crippen LogP contribution in [-0.2, 0) is 0 Å². The average Bonchev–Trinajstić information content (AvgIpc) is 3.26. The number of thiol groups is 2. The molecule has 8 heteroatoms. The summed E-state index contributed by atoms with van der Waals surface area (Å²) in [6.07, 6.45) is 2.39. The van der Waals surface area contributed by atoms with Gasteiger partial charge in [0.1, 0.15) is 0 Å². The summed E-state index contributed by atoms with van der Waals surface area (Å²) in [7, 11) is 0. The van der Waals surface area contributed by atoms with Gasteiger partial charge in [-0.05, 0) is 12.8 Å². The number of hydrogen-bond acceptors (Lipinski definition) is 8. The summed E-state index contributed by atoms with van der Waals surface area (Å²) < 4.78 is 1.60. The number of rotatable bonds is 11. The molecule has 0 spiro atoms. The third-order valence-electron chi connectivity index (χ3n) is 4.12. The van der Waals surface area contributed by atoms with Crippen molar-refractivity contribution in [2.75, 3.05) is 34.5 Å². The first-order valence-electron chi connectivity index (χ1n) is 8.69. The van der Waals surface area contributed by atoms with Crippen LogP contribution in [0.2, 0.25) is 0 Å². The summed E-state index contributed by atoms with van der Waals surface area (Å²) in [4.78, 5) is 0. The van der Waals surface area contributed by atoms with Crippen LogP contribution in [0.3, 0.4) is 0 Å². The third-order valence-corrected chi connectivity index (χ3v) is 15.9. The van der Waals surface area contributed by atoms with E-state index in [9.17, 15) is 0 Å². The molecule has 142 valence electrons. The van der Waals surface area contributed by atoms with Crippen LogP contribution in [0.1, 0.15) is 26.7 Å². The molecular weight excluding hydrogens is 449 g/mol. The van der Waals surface area contributed by atoms with Crippen LogP contribution in [-0.4, -0.2) is 64.7 Å². The lowest BCUT2D eigenvalue weighted by molar-refractivity contribution is 0.824. The maximum absolute atomic E-state index is 4.72. The Kier molecular flexibility index (Phi) is 12.6. The van der Waals surface area contributed by atoms with E-state index in [2.05, 4.69) is 84.4 Å². The molecule has 2 aliphatic rings. The van der Waals surface area contributed by atoms with E-state index >= 15 is 0 Å². The van der Waals surface area contributed by atoms with E-state index < -0.39 is 0 Å². The van der Waals surface area contributed by atoms with Gasteiger partial charge in [0.05, 0.1) is 9.16 Å². The molecule has 0 aromatic rings. The van der Waals surface area contributed by atoms with Crippen LogP contribution < -0.4 is 0 Å². The average molecular weight is 479 g/mol. The van der Waals surface area contributed by atoms with Crippen LogP contribution in [0, 0.1) is 0 Å². The quantitative estimate of drug-likeness (QED) is 0.265. The standard InChI is InChI=1S/C16H30S8/c1-3-11(17)13-7-21-15(23-13)9-19-5-6-20-10-16-22-8-14(24-16)12(18)4-2/h11-18H,3-10H2,1-2H3. The van der Waals surface area contributed by atoms with Crippen LogP contribution in [0.5, 0.6) is 0 Å². The van der Waals surface area contributed by atoms with Crippen LogP contribution in [0.15, 0.2) is 0 Å². The summed E-state index contributed by atoms with van der Waals surface area (Å²) in [6, 6.07) is 0. The van der Waals surface area contributed by atoms with E-state index in [-0.39, 0.29) is 0 Å². The summed E-state index contributed by atoms with van der Waals surface area (Å²) in [5.74, 6) is 7.83. The van der Waals surface area contributed by atoms with Crippen molar-refractivity contribution in [2.24, 2.45) is 0 Å². The Morgan fingerprint density at radius 1 is 0.833 bits per heavy atom. The Morgan fingerprint density at radius 3 is 1.62 bits per heavy atom. The van der Waals surface area contributed by atoms with Gasteiger partial charge < -0.3 is 0 Å². The number of thioether (sulfide) groups is 6. The minimum absolute atomic E-state index is 0.586. The lowest BCUT2D eigenvalue weighted by Crippen LogP contribution is -2.16. The van der Waals surface area contributed by atoms with E-state index in [1.165, 1.54) is 47.4 Å². The molecule has 2 rings (SSSR count). The van der Waals surface area contributed by atoms with Gasteiger partial charge in [-0.25, -0.2) is 0 Å². The molecular formula is C16H30S8. The molecule has 0 nitrogen and oxygen atoms in total. The highest BCUT2D eigenvalue weighted by atomic mass is 32.2. The largest absolute Gasteiger partial charge is 0.175 e. The molecule has 0 aliphatic carbocycles. The molecule has 0 N–H and O–H groups in total. The van der Waals surface area contributed by atoms with Gasteiger partial charge in [0.25, 0.3) is 0 Å². The molecule has 24 heavy (non-hydrogen) atoms. The second kappa shape index (κ2) is 13.1. The van der Waals surface area contributed by atoms with E-state index in [0.29, 0.717) is 10.5 Å². The van der Waals surface area contributed by atoms with Gasteiger partial charge in [0, 0.05) is 55.5 Å². The molecule has 2 fully saturated rings. The summed E-state index contributed by atoms with van der Waals surface area (Å²) in [5, 5.41) is 2.71.